The molecule has 9 heteroatoms. The van der Waals surface area contributed by atoms with E-state index in [1.165, 1.54) is 0 Å². The van der Waals surface area contributed by atoms with Crippen LogP contribution in [0.25, 0.3) is 0 Å². The zero-order valence-electron chi connectivity index (χ0n) is 13.6. The van der Waals surface area contributed by atoms with Gasteiger partial charge in [0.2, 0.25) is 0 Å². The monoisotopic (exact) mass is 366 g/mol. The third kappa shape index (κ3) is 6.96. The average Bonchev–Trinajstić information content (AvgIpc) is 2.45. The Morgan fingerprint density at radius 3 is 1.29 bits per heavy atom. The smallest absolute Gasteiger partial charge is 0.383 e. The summed E-state index contributed by atoms with van der Waals surface area (Å²) in [5.41, 5.74) is 0. The maximum atomic E-state index is 12.8. The van der Waals surface area contributed by atoms with Gasteiger partial charge in [0.05, 0.1) is 11.8 Å². The van der Waals surface area contributed by atoms with Crippen LogP contribution in [-0.4, -0.2) is 40.6 Å². The minimum atomic E-state index is -5.12. The van der Waals surface area contributed by atoms with Crippen LogP contribution in [0.15, 0.2) is 0 Å². The fourth-order valence-corrected chi connectivity index (χ4v) is 2.49. The third-order valence-corrected chi connectivity index (χ3v) is 3.90. The Bertz CT molecular complexity index is 346. The Morgan fingerprint density at radius 1 is 0.792 bits per heavy atom. The summed E-state index contributed by atoms with van der Waals surface area (Å²) in [6.07, 6.45) is -16.0. The van der Waals surface area contributed by atoms with E-state index in [1.807, 2.05) is 0 Å². The Labute approximate surface area is 137 Å². The molecule has 144 valence electrons. The molecule has 0 aromatic carbocycles. The number of halogens is 6. The second-order valence-corrected chi connectivity index (χ2v) is 5.87. The van der Waals surface area contributed by atoms with Crippen molar-refractivity contribution in [2.75, 3.05) is 0 Å². The van der Waals surface area contributed by atoms with Crippen LogP contribution in [0, 0.1) is 11.8 Å². The second-order valence-electron chi connectivity index (χ2n) is 5.87. The summed E-state index contributed by atoms with van der Waals surface area (Å²) < 4.78 is 76.5. The molecule has 0 heterocycles. The van der Waals surface area contributed by atoms with Crippen molar-refractivity contribution < 1.29 is 41.4 Å². The minimum absolute atomic E-state index is 0.145. The molecule has 0 spiro atoms. The van der Waals surface area contributed by atoms with E-state index in [1.54, 1.807) is 13.8 Å². The van der Waals surface area contributed by atoms with Crippen molar-refractivity contribution in [1.82, 2.24) is 0 Å². The Balaban J connectivity index is 5.54. The summed E-state index contributed by atoms with van der Waals surface area (Å²) in [7, 11) is 0. The van der Waals surface area contributed by atoms with Gasteiger partial charge >= 0.3 is 12.4 Å². The molecule has 0 aliphatic rings. The van der Waals surface area contributed by atoms with E-state index in [4.69, 9.17) is 0 Å². The molecule has 4 atom stereocenters. The maximum Gasteiger partial charge on any atom is 0.415 e. The van der Waals surface area contributed by atoms with Crippen LogP contribution in [0.4, 0.5) is 26.3 Å². The topological polar surface area (TPSA) is 57.5 Å². The van der Waals surface area contributed by atoms with Crippen molar-refractivity contribution in [1.29, 1.82) is 0 Å². The molecule has 3 nitrogen and oxygen atoms in total. The molecule has 4 unspecified atom stereocenters. The number of alkyl halides is 6. The van der Waals surface area contributed by atoms with E-state index >= 15 is 0 Å². The van der Waals surface area contributed by atoms with Crippen molar-refractivity contribution in [3.63, 3.8) is 0 Å². The van der Waals surface area contributed by atoms with Crippen molar-refractivity contribution in [3.05, 3.63) is 0 Å². The molecule has 0 rings (SSSR count). The first-order valence-corrected chi connectivity index (χ1v) is 7.91. The molecular weight excluding hydrogens is 342 g/mol. The van der Waals surface area contributed by atoms with E-state index in [0.717, 1.165) is 0 Å². The first-order valence-electron chi connectivity index (χ1n) is 7.91. The van der Waals surface area contributed by atoms with Crippen molar-refractivity contribution in [2.24, 2.45) is 11.8 Å². The van der Waals surface area contributed by atoms with Gasteiger partial charge in [-0.2, -0.15) is 26.3 Å². The van der Waals surface area contributed by atoms with Crippen LogP contribution in [-0.2, 0) is 4.79 Å². The van der Waals surface area contributed by atoms with Crippen LogP contribution in [0.1, 0.15) is 52.4 Å². The first-order chi connectivity index (χ1) is 10.9. The first kappa shape index (κ1) is 23.2. The number of carbonyl (C=O) groups excluding carboxylic acids is 1. The van der Waals surface area contributed by atoms with Crippen LogP contribution >= 0.6 is 0 Å². The standard InChI is InChI=1S/C15H24F6O3/c1-3-5-7-9(12(23)14(16,17)18)11(22)10(8-6-4-2)13(24)15(19,20)21/h9-10,12-13,23-24H,3-8H2,1-2H3. The number of rotatable bonds is 10. The minimum Gasteiger partial charge on any atom is -0.383 e. The molecule has 0 radical (unpaired) electrons. The SMILES string of the molecule is CCCCC(C(=O)C(CCCC)C(O)C(F)(F)F)C(O)C(F)(F)F. The van der Waals surface area contributed by atoms with Crippen molar-refractivity contribution >= 4 is 5.78 Å². The Morgan fingerprint density at radius 2 is 1.08 bits per heavy atom. The number of Topliss-reactive ketones (excluding diaryl/α,β-unsaturated/α-hetero) is 1. The summed E-state index contributed by atoms with van der Waals surface area (Å²) in [6, 6.07) is 0. The highest BCUT2D eigenvalue weighted by atomic mass is 19.4. The molecule has 0 aliphatic heterocycles. The molecule has 2 N–H and O–H groups in total. The number of aliphatic hydroxyl groups excluding tert-OH is 2. The van der Waals surface area contributed by atoms with E-state index in [0.29, 0.717) is 12.8 Å². The van der Waals surface area contributed by atoms with Gasteiger partial charge in [0, 0.05) is 0 Å². The lowest BCUT2D eigenvalue weighted by Gasteiger charge is -2.30. The van der Waals surface area contributed by atoms with Gasteiger partial charge in [-0.05, 0) is 12.8 Å². The predicted octanol–water partition coefficient (Wildman–Crippen LogP) is 4.01. The van der Waals surface area contributed by atoms with Crippen molar-refractivity contribution in [2.45, 2.75) is 76.9 Å². The third-order valence-electron chi connectivity index (χ3n) is 3.90. The van der Waals surface area contributed by atoms with E-state index < -0.39 is 42.2 Å². The summed E-state index contributed by atoms with van der Waals surface area (Å²) in [5.74, 6) is -5.40. The van der Waals surface area contributed by atoms with E-state index in [9.17, 15) is 41.4 Å². The van der Waals surface area contributed by atoms with Gasteiger partial charge in [-0.1, -0.05) is 39.5 Å². The average molecular weight is 366 g/mol. The predicted molar refractivity (Wildman–Crippen MR) is 75.2 cm³/mol. The zero-order valence-corrected chi connectivity index (χ0v) is 13.6. The normalized spacial score (nSPS) is 18.1. The van der Waals surface area contributed by atoms with Gasteiger partial charge < -0.3 is 10.2 Å². The van der Waals surface area contributed by atoms with Crippen LogP contribution in [0.2, 0.25) is 0 Å². The molecule has 0 fully saturated rings. The molecule has 0 saturated carbocycles. The lowest BCUT2D eigenvalue weighted by Crippen LogP contribution is -2.47. The van der Waals surface area contributed by atoms with Gasteiger partial charge in [-0.15, -0.1) is 0 Å². The Kier molecular flexibility index (Phi) is 9.27. The molecule has 0 aliphatic carbocycles. The van der Waals surface area contributed by atoms with Crippen LogP contribution in [0.3, 0.4) is 0 Å². The lowest BCUT2D eigenvalue weighted by atomic mass is 9.80. The molecular formula is C15H24F6O3. The summed E-state index contributed by atoms with van der Waals surface area (Å²) in [6.45, 7) is 3.28. The lowest BCUT2D eigenvalue weighted by molar-refractivity contribution is -0.231. The van der Waals surface area contributed by atoms with Crippen molar-refractivity contribution in [3.8, 4) is 0 Å². The summed E-state index contributed by atoms with van der Waals surface area (Å²) in [4.78, 5) is 12.3. The van der Waals surface area contributed by atoms with Gasteiger partial charge in [0.25, 0.3) is 0 Å². The Hall–Kier alpha value is -0.830. The second kappa shape index (κ2) is 9.60. The maximum absolute atomic E-state index is 12.8. The quantitative estimate of drug-likeness (QED) is 0.574. The molecule has 24 heavy (non-hydrogen) atoms. The highest BCUT2D eigenvalue weighted by Crippen LogP contribution is 2.35. The number of ketones is 1. The number of unbranched alkanes of at least 4 members (excludes halogenated alkanes) is 2. The zero-order chi connectivity index (χ0) is 19.1. The van der Waals surface area contributed by atoms with Crippen LogP contribution < -0.4 is 0 Å². The summed E-state index contributed by atoms with van der Waals surface area (Å²) in [5, 5.41) is 18.8. The largest absolute Gasteiger partial charge is 0.415 e. The fourth-order valence-electron chi connectivity index (χ4n) is 2.49. The van der Waals surface area contributed by atoms with Gasteiger partial charge in [0.1, 0.15) is 5.78 Å². The number of hydrogen-bond donors (Lipinski definition) is 2. The van der Waals surface area contributed by atoms with E-state index in [-0.39, 0.29) is 25.7 Å². The molecule has 0 saturated heterocycles. The molecule has 0 aromatic heterocycles. The number of carbonyl (C=O) groups is 1. The fraction of sp³-hybridized carbons (Fsp3) is 0.933. The number of aliphatic hydroxyl groups is 2. The van der Waals surface area contributed by atoms with Gasteiger partial charge in [-0.25, -0.2) is 0 Å². The van der Waals surface area contributed by atoms with Gasteiger partial charge in [-0.3, -0.25) is 4.79 Å². The molecule has 0 bridgehead atoms. The van der Waals surface area contributed by atoms with E-state index in [2.05, 4.69) is 0 Å². The highest BCUT2D eigenvalue weighted by Gasteiger charge is 2.51. The van der Waals surface area contributed by atoms with Crippen LogP contribution in [0.5, 0.6) is 0 Å². The van der Waals surface area contributed by atoms with Gasteiger partial charge in [0.15, 0.2) is 12.2 Å². The summed E-state index contributed by atoms with van der Waals surface area (Å²) >= 11 is 0. The highest BCUT2D eigenvalue weighted by molar-refractivity contribution is 5.84. The number of hydrogen-bond acceptors (Lipinski definition) is 3. The molecule has 0 amide bonds. The molecule has 0 aromatic rings.